The molecule has 3 aromatic carbocycles. The van der Waals surface area contributed by atoms with Crippen LogP contribution in [0.15, 0.2) is 60.7 Å². The average molecular weight is 542 g/mol. The molecule has 1 atom stereocenters. The van der Waals surface area contributed by atoms with Crippen molar-refractivity contribution in [3.05, 3.63) is 97.5 Å². The lowest BCUT2D eigenvalue weighted by Gasteiger charge is -2.31. The second kappa shape index (κ2) is 11.0. The van der Waals surface area contributed by atoms with Crippen molar-refractivity contribution in [1.29, 1.82) is 0 Å². The van der Waals surface area contributed by atoms with E-state index in [4.69, 9.17) is 28.9 Å². The normalized spacial score (nSPS) is 14.8. The summed E-state index contributed by atoms with van der Waals surface area (Å²) in [7, 11) is 0. The third kappa shape index (κ3) is 5.56. The van der Waals surface area contributed by atoms with Crippen LogP contribution in [0.2, 0.25) is 10.0 Å². The van der Waals surface area contributed by atoms with Gasteiger partial charge in [-0.3, -0.25) is 29.4 Å². The van der Waals surface area contributed by atoms with Crippen molar-refractivity contribution in [3.8, 4) is 0 Å². The van der Waals surface area contributed by atoms with Gasteiger partial charge < -0.3 is 16.4 Å². The molecule has 3 aromatic rings. The molecular weight excluding hydrogens is 521 g/mol. The number of amides is 3. The number of anilines is 2. The molecule has 3 amide bonds. The molecule has 37 heavy (non-hydrogen) atoms. The zero-order valence-electron chi connectivity index (χ0n) is 19.2. The number of hydrogen-bond acceptors (Lipinski definition) is 6. The maximum Gasteiger partial charge on any atom is 0.269 e. The van der Waals surface area contributed by atoms with E-state index in [2.05, 4.69) is 10.6 Å². The van der Waals surface area contributed by atoms with E-state index in [0.717, 1.165) is 0 Å². The van der Waals surface area contributed by atoms with Crippen molar-refractivity contribution in [1.82, 2.24) is 5.32 Å². The second-order valence-corrected chi connectivity index (χ2v) is 9.03. The van der Waals surface area contributed by atoms with Crippen LogP contribution in [0.3, 0.4) is 0 Å². The summed E-state index contributed by atoms with van der Waals surface area (Å²) in [6.45, 7) is 0.526. The standard InChI is InChI=1S/C25H21Cl2N5O5/c26-16-4-7-18(19(27)12-16)22-13-23(33)30-20-11-15(24(34)29-10-9-28)3-8-21(20)31(22)25(35)14-1-5-17(6-2-14)32(36)37/h1-8,11-12,22H,9-10,13,28H2,(H,29,34)(H,30,33). The SMILES string of the molecule is NCCNC(=O)c1ccc2c(c1)NC(=O)CC(c1ccc(Cl)cc1Cl)N2C(=O)c1ccc([N+](=O)[O-])cc1. The summed E-state index contributed by atoms with van der Waals surface area (Å²) in [4.78, 5) is 51.3. The monoisotopic (exact) mass is 541 g/mol. The number of nitrogens with one attached hydrogen (secondary N) is 2. The zero-order chi connectivity index (χ0) is 26.7. The van der Waals surface area contributed by atoms with Crippen LogP contribution in [0.5, 0.6) is 0 Å². The average Bonchev–Trinajstić information content (AvgIpc) is 3.01. The molecule has 0 aromatic heterocycles. The summed E-state index contributed by atoms with van der Waals surface area (Å²) >= 11 is 12.6. The number of fused-ring (bicyclic) bond motifs is 1. The first-order chi connectivity index (χ1) is 17.7. The third-order valence-electron chi connectivity index (χ3n) is 5.78. The predicted molar refractivity (Wildman–Crippen MR) is 140 cm³/mol. The van der Waals surface area contributed by atoms with Crippen molar-refractivity contribution >= 4 is 58.0 Å². The molecule has 1 aliphatic rings. The fourth-order valence-electron chi connectivity index (χ4n) is 4.05. The molecule has 1 heterocycles. The van der Waals surface area contributed by atoms with Crippen LogP contribution in [0.1, 0.15) is 38.7 Å². The van der Waals surface area contributed by atoms with E-state index >= 15 is 0 Å². The van der Waals surface area contributed by atoms with E-state index in [9.17, 15) is 24.5 Å². The number of rotatable bonds is 6. The summed E-state index contributed by atoms with van der Waals surface area (Å²) in [5.74, 6) is -1.32. The van der Waals surface area contributed by atoms with E-state index in [1.165, 1.54) is 47.4 Å². The Morgan fingerprint density at radius 2 is 1.78 bits per heavy atom. The Hall–Kier alpha value is -3.99. The topological polar surface area (TPSA) is 148 Å². The van der Waals surface area contributed by atoms with Crippen molar-refractivity contribution in [2.24, 2.45) is 5.73 Å². The van der Waals surface area contributed by atoms with Crippen LogP contribution in [-0.4, -0.2) is 35.7 Å². The van der Waals surface area contributed by atoms with Gasteiger partial charge in [0.2, 0.25) is 5.91 Å². The molecule has 190 valence electrons. The molecule has 1 unspecified atom stereocenters. The quantitative estimate of drug-likeness (QED) is 0.312. The van der Waals surface area contributed by atoms with Gasteiger partial charge >= 0.3 is 0 Å². The van der Waals surface area contributed by atoms with Gasteiger partial charge in [0.1, 0.15) is 0 Å². The number of nitrogens with two attached hydrogens (primary N) is 1. The number of nitrogens with zero attached hydrogens (tertiary/aromatic N) is 2. The van der Waals surface area contributed by atoms with Crippen molar-refractivity contribution in [3.63, 3.8) is 0 Å². The first kappa shape index (κ1) is 26.1. The molecule has 0 fully saturated rings. The largest absolute Gasteiger partial charge is 0.351 e. The van der Waals surface area contributed by atoms with Crippen molar-refractivity contribution in [2.45, 2.75) is 12.5 Å². The Labute approximate surface area is 221 Å². The van der Waals surface area contributed by atoms with Gasteiger partial charge in [0.05, 0.1) is 28.8 Å². The lowest BCUT2D eigenvalue weighted by Crippen LogP contribution is -2.35. The summed E-state index contributed by atoms with van der Waals surface area (Å²) < 4.78 is 0. The minimum atomic E-state index is -0.842. The molecule has 1 aliphatic heterocycles. The number of carbonyl (C=O) groups excluding carboxylic acids is 3. The number of halogens is 2. The Bertz CT molecular complexity index is 1400. The highest BCUT2D eigenvalue weighted by atomic mass is 35.5. The lowest BCUT2D eigenvalue weighted by molar-refractivity contribution is -0.384. The molecule has 12 heteroatoms. The number of non-ortho nitro benzene ring substituents is 1. The number of hydrogen-bond donors (Lipinski definition) is 3. The van der Waals surface area contributed by atoms with Gasteiger partial charge in [0.25, 0.3) is 17.5 Å². The van der Waals surface area contributed by atoms with Gasteiger partial charge in [0, 0.05) is 46.4 Å². The molecule has 0 saturated carbocycles. The highest BCUT2D eigenvalue weighted by Gasteiger charge is 2.35. The van der Waals surface area contributed by atoms with Gasteiger partial charge in [0.15, 0.2) is 0 Å². The molecule has 4 rings (SSSR count). The highest BCUT2D eigenvalue weighted by Crippen LogP contribution is 2.42. The summed E-state index contributed by atoms with van der Waals surface area (Å²) in [6.07, 6.45) is -0.149. The van der Waals surface area contributed by atoms with Gasteiger partial charge in [-0.2, -0.15) is 0 Å². The molecule has 0 saturated heterocycles. The fraction of sp³-hybridized carbons (Fsp3) is 0.160. The predicted octanol–water partition coefficient (Wildman–Crippen LogP) is 4.32. The smallest absolute Gasteiger partial charge is 0.269 e. The molecular formula is C25H21Cl2N5O5. The van der Waals surface area contributed by atoms with E-state index in [1.807, 2.05) is 0 Å². The van der Waals surface area contributed by atoms with Gasteiger partial charge in [-0.15, -0.1) is 0 Å². The van der Waals surface area contributed by atoms with E-state index in [0.29, 0.717) is 16.3 Å². The van der Waals surface area contributed by atoms with Crippen LogP contribution in [0, 0.1) is 10.1 Å². The number of benzene rings is 3. The van der Waals surface area contributed by atoms with E-state index < -0.39 is 28.7 Å². The van der Waals surface area contributed by atoms with E-state index in [-0.39, 0.29) is 47.0 Å². The molecule has 0 bridgehead atoms. The van der Waals surface area contributed by atoms with Crippen LogP contribution in [-0.2, 0) is 4.79 Å². The fourth-order valence-corrected chi connectivity index (χ4v) is 4.58. The molecule has 0 aliphatic carbocycles. The lowest BCUT2D eigenvalue weighted by atomic mass is 9.99. The minimum absolute atomic E-state index is 0.149. The summed E-state index contributed by atoms with van der Waals surface area (Å²) in [5, 5.41) is 17.2. The maximum absolute atomic E-state index is 13.9. The number of nitro benzene ring substituents is 1. The van der Waals surface area contributed by atoms with Crippen LogP contribution in [0.25, 0.3) is 0 Å². The summed E-state index contributed by atoms with van der Waals surface area (Å²) in [6, 6.07) is 13.6. The van der Waals surface area contributed by atoms with Crippen molar-refractivity contribution in [2.75, 3.05) is 23.3 Å². The summed E-state index contributed by atoms with van der Waals surface area (Å²) in [5.41, 5.74) is 6.75. The Morgan fingerprint density at radius 3 is 2.43 bits per heavy atom. The maximum atomic E-state index is 13.9. The van der Waals surface area contributed by atoms with Crippen LogP contribution in [0.4, 0.5) is 17.1 Å². The number of carbonyl (C=O) groups is 3. The Morgan fingerprint density at radius 1 is 1.08 bits per heavy atom. The second-order valence-electron chi connectivity index (χ2n) is 8.19. The zero-order valence-corrected chi connectivity index (χ0v) is 20.8. The minimum Gasteiger partial charge on any atom is -0.351 e. The van der Waals surface area contributed by atoms with Gasteiger partial charge in [-0.05, 0) is 48.0 Å². The first-order valence-electron chi connectivity index (χ1n) is 11.1. The van der Waals surface area contributed by atoms with Crippen molar-refractivity contribution < 1.29 is 19.3 Å². The Kier molecular flexibility index (Phi) is 7.72. The third-order valence-corrected chi connectivity index (χ3v) is 6.34. The molecule has 0 spiro atoms. The molecule has 10 nitrogen and oxygen atoms in total. The highest BCUT2D eigenvalue weighted by molar-refractivity contribution is 6.35. The van der Waals surface area contributed by atoms with E-state index in [1.54, 1.807) is 18.2 Å². The van der Waals surface area contributed by atoms with Gasteiger partial charge in [-0.25, -0.2) is 0 Å². The first-order valence-corrected chi connectivity index (χ1v) is 11.9. The van der Waals surface area contributed by atoms with Gasteiger partial charge in [-0.1, -0.05) is 29.3 Å². The molecule has 0 radical (unpaired) electrons. The van der Waals surface area contributed by atoms with Crippen LogP contribution < -0.4 is 21.3 Å². The van der Waals surface area contributed by atoms with Crippen LogP contribution >= 0.6 is 23.2 Å². The Balaban J connectivity index is 1.85. The molecule has 4 N–H and O–H groups in total. The number of nitro groups is 1.